The number of halogens is 2. The molecule has 0 aliphatic rings. The highest BCUT2D eigenvalue weighted by Crippen LogP contribution is 2.25. The summed E-state index contributed by atoms with van der Waals surface area (Å²) in [4.78, 5) is 10.9. The fraction of sp³-hybridized carbons (Fsp3) is 0.0588. The van der Waals surface area contributed by atoms with Gasteiger partial charge in [-0.25, -0.2) is 9.48 Å². The zero-order valence-corrected chi connectivity index (χ0v) is 12.3. The van der Waals surface area contributed by atoms with Crippen LogP contribution >= 0.6 is 0 Å². The summed E-state index contributed by atoms with van der Waals surface area (Å²) in [5, 5.41) is 13.1. The second-order valence-electron chi connectivity index (χ2n) is 4.93. The van der Waals surface area contributed by atoms with Gasteiger partial charge in [0.25, 0.3) is 0 Å². The van der Waals surface area contributed by atoms with Crippen LogP contribution in [0.25, 0.3) is 16.8 Å². The number of hydrogen-bond acceptors (Lipinski definition) is 3. The maximum Gasteiger partial charge on any atom is 0.387 e. The Bertz CT molecular complexity index is 860. The predicted octanol–water partition coefficient (Wildman–Crippen LogP) is 3.84. The average Bonchev–Trinajstić information content (AvgIpc) is 3.04. The van der Waals surface area contributed by atoms with Crippen molar-refractivity contribution in [3.63, 3.8) is 0 Å². The standard InChI is InChI=1S/C17H12F2N2O3/c18-17(19)24-15-3-1-2-12(8-15)13-9-20-21(10-13)14-6-4-11(5-7-14)16(22)23/h1-10,17H,(H,22,23). The minimum atomic E-state index is -2.88. The summed E-state index contributed by atoms with van der Waals surface area (Å²) in [5.74, 6) is -0.931. The topological polar surface area (TPSA) is 64.3 Å². The third-order valence-electron chi connectivity index (χ3n) is 3.35. The third-order valence-corrected chi connectivity index (χ3v) is 3.35. The largest absolute Gasteiger partial charge is 0.478 e. The lowest BCUT2D eigenvalue weighted by Gasteiger charge is -2.05. The van der Waals surface area contributed by atoms with Gasteiger partial charge in [-0.2, -0.15) is 13.9 Å². The van der Waals surface area contributed by atoms with Gasteiger partial charge in [0.05, 0.1) is 17.4 Å². The Labute approximate surface area is 135 Å². The lowest BCUT2D eigenvalue weighted by Crippen LogP contribution is -2.01. The smallest absolute Gasteiger partial charge is 0.387 e. The molecule has 0 aliphatic carbocycles. The van der Waals surface area contributed by atoms with E-state index in [1.54, 1.807) is 41.3 Å². The van der Waals surface area contributed by atoms with Crippen molar-refractivity contribution >= 4 is 5.97 Å². The number of carboxylic acid groups (broad SMARTS) is 1. The number of ether oxygens (including phenoxy) is 1. The molecule has 0 saturated carbocycles. The second-order valence-corrected chi connectivity index (χ2v) is 4.93. The molecule has 1 N–H and O–H groups in total. The zero-order chi connectivity index (χ0) is 17.1. The molecule has 0 radical (unpaired) electrons. The molecule has 7 heteroatoms. The molecule has 122 valence electrons. The van der Waals surface area contributed by atoms with Crippen molar-refractivity contribution in [3.05, 3.63) is 66.5 Å². The number of rotatable bonds is 5. The predicted molar refractivity (Wildman–Crippen MR) is 82.6 cm³/mol. The highest BCUT2D eigenvalue weighted by Gasteiger charge is 2.08. The van der Waals surface area contributed by atoms with Crippen molar-refractivity contribution in [3.8, 4) is 22.6 Å². The molecule has 0 unspecified atom stereocenters. The van der Waals surface area contributed by atoms with Crippen molar-refractivity contribution in [2.24, 2.45) is 0 Å². The monoisotopic (exact) mass is 330 g/mol. The molecule has 0 amide bonds. The van der Waals surface area contributed by atoms with E-state index in [9.17, 15) is 13.6 Å². The van der Waals surface area contributed by atoms with Crippen LogP contribution in [-0.4, -0.2) is 27.5 Å². The van der Waals surface area contributed by atoms with Crippen LogP contribution in [-0.2, 0) is 0 Å². The summed E-state index contributed by atoms with van der Waals surface area (Å²) < 4.78 is 30.5. The summed E-state index contributed by atoms with van der Waals surface area (Å²) in [6.07, 6.45) is 3.31. The Morgan fingerprint density at radius 1 is 1.12 bits per heavy atom. The van der Waals surface area contributed by atoms with Gasteiger partial charge >= 0.3 is 12.6 Å². The molecule has 5 nitrogen and oxygen atoms in total. The Balaban J connectivity index is 1.86. The SMILES string of the molecule is O=C(O)c1ccc(-n2cc(-c3cccc(OC(F)F)c3)cn2)cc1. The highest BCUT2D eigenvalue weighted by molar-refractivity contribution is 5.87. The van der Waals surface area contributed by atoms with Crippen molar-refractivity contribution in [1.29, 1.82) is 0 Å². The Morgan fingerprint density at radius 2 is 1.88 bits per heavy atom. The number of hydrogen-bond donors (Lipinski definition) is 1. The summed E-state index contributed by atoms with van der Waals surface area (Å²) >= 11 is 0. The van der Waals surface area contributed by atoms with Gasteiger partial charge in [-0.15, -0.1) is 0 Å². The van der Waals surface area contributed by atoms with E-state index >= 15 is 0 Å². The molecule has 3 aromatic rings. The lowest BCUT2D eigenvalue weighted by molar-refractivity contribution is -0.0498. The highest BCUT2D eigenvalue weighted by atomic mass is 19.3. The molecule has 3 rings (SSSR count). The van der Waals surface area contributed by atoms with E-state index in [4.69, 9.17) is 5.11 Å². The second kappa shape index (κ2) is 6.49. The van der Waals surface area contributed by atoms with Crippen LogP contribution in [0.4, 0.5) is 8.78 Å². The molecule has 1 heterocycles. The first-order valence-corrected chi connectivity index (χ1v) is 6.96. The average molecular weight is 330 g/mol. The van der Waals surface area contributed by atoms with E-state index in [1.165, 1.54) is 24.3 Å². The number of benzene rings is 2. The molecular weight excluding hydrogens is 318 g/mol. The van der Waals surface area contributed by atoms with Crippen LogP contribution < -0.4 is 4.74 Å². The molecule has 0 fully saturated rings. The molecule has 0 bridgehead atoms. The molecule has 24 heavy (non-hydrogen) atoms. The van der Waals surface area contributed by atoms with Gasteiger partial charge in [0, 0.05) is 11.8 Å². The number of aromatic nitrogens is 2. The molecular formula is C17H12F2N2O3. The molecule has 2 aromatic carbocycles. The van der Waals surface area contributed by atoms with E-state index in [0.29, 0.717) is 11.3 Å². The summed E-state index contributed by atoms with van der Waals surface area (Å²) in [5.41, 5.74) is 2.27. The van der Waals surface area contributed by atoms with Crippen molar-refractivity contribution in [2.75, 3.05) is 0 Å². The van der Waals surface area contributed by atoms with Gasteiger partial charge in [-0.3, -0.25) is 0 Å². The normalized spacial score (nSPS) is 10.8. The van der Waals surface area contributed by atoms with Gasteiger partial charge < -0.3 is 9.84 Å². The van der Waals surface area contributed by atoms with Crippen molar-refractivity contribution in [1.82, 2.24) is 9.78 Å². The lowest BCUT2D eigenvalue weighted by atomic mass is 10.1. The Hall–Kier alpha value is -3.22. The van der Waals surface area contributed by atoms with Crippen molar-refractivity contribution in [2.45, 2.75) is 6.61 Å². The van der Waals surface area contributed by atoms with Gasteiger partial charge in [0.1, 0.15) is 5.75 Å². The maximum absolute atomic E-state index is 12.3. The molecule has 0 atom stereocenters. The van der Waals surface area contributed by atoms with E-state index in [1.807, 2.05) is 0 Å². The van der Waals surface area contributed by atoms with Crippen molar-refractivity contribution < 1.29 is 23.4 Å². The number of carbonyl (C=O) groups is 1. The maximum atomic E-state index is 12.3. The summed E-state index contributed by atoms with van der Waals surface area (Å²) in [6.45, 7) is -2.88. The first kappa shape index (κ1) is 15.7. The summed E-state index contributed by atoms with van der Waals surface area (Å²) in [7, 11) is 0. The molecule has 1 aromatic heterocycles. The first-order valence-electron chi connectivity index (χ1n) is 6.96. The third kappa shape index (κ3) is 3.40. The fourth-order valence-electron chi connectivity index (χ4n) is 2.22. The van der Waals surface area contributed by atoms with Crippen LogP contribution in [0.3, 0.4) is 0 Å². The van der Waals surface area contributed by atoms with Crippen LogP contribution in [0.2, 0.25) is 0 Å². The minimum Gasteiger partial charge on any atom is -0.478 e. The number of alkyl halides is 2. The number of aromatic carboxylic acids is 1. The van der Waals surface area contributed by atoms with E-state index in [0.717, 1.165) is 5.56 Å². The Kier molecular flexibility index (Phi) is 4.24. The Morgan fingerprint density at radius 3 is 2.54 bits per heavy atom. The first-order chi connectivity index (χ1) is 11.5. The van der Waals surface area contributed by atoms with E-state index in [2.05, 4.69) is 9.84 Å². The number of carboxylic acids is 1. The molecule has 0 aliphatic heterocycles. The van der Waals surface area contributed by atoms with Gasteiger partial charge in [-0.1, -0.05) is 12.1 Å². The quantitative estimate of drug-likeness (QED) is 0.772. The van der Waals surface area contributed by atoms with E-state index in [-0.39, 0.29) is 11.3 Å². The fourth-order valence-corrected chi connectivity index (χ4v) is 2.22. The minimum absolute atomic E-state index is 0.0704. The van der Waals surface area contributed by atoms with Crippen LogP contribution in [0, 0.1) is 0 Å². The summed E-state index contributed by atoms with van der Waals surface area (Å²) in [6, 6.07) is 12.6. The molecule has 0 spiro atoms. The van der Waals surface area contributed by atoms with Gasteiger partial charge in [0.2, 0.25) is 0 Å². The van der Waals surface area contributed by atoms with Crippen LogP contribution in [0.5, 0.6) is 5.75 Å². The van der Waals surface area contributed by atoms with Gasteiger partial charge in [0.15, 0.2) is 0 Å². The number of nitrogens with zero attached hydrogens (tertiary/aromatic N) is 2. The molecule has 0 saturated heterocycles. The van der Waals surface area contributed by atoms with Crippen LogP contribution in [0.1, 0.15) is 10.4 Å². The van der Waals surface area contributed by atoms with Gasteiger partial charge in [-0.05, 0) is 42.0 Å². The van der Waals surface area contributed by atoms with E-state index < -0.39 is 12.6 Å². The van der Waals surface area contributed by atoms with Crippen LogP contribution in [0.15, 0.2) is 60.9 Å². The zero-order valence-electron chi connectivity index (χ0n) is 12.3.